The molecule has 0 aliphatic rings. The molecule has 0 saturated heterocycles. The Labute approximate surface area is 121 Å². The Morgan fingerprint density at radius 2 is 2.11 bits per heavy atom. The maximum Gasteiger partial charge on any atom is 0.0862 e. The van der Waals surface area contributed by atoms with Gasteiger partial charge in [0.05, 0.1) is 12.6 Å². The van der Waals surface area contributed by atoms with Gasteiger partial charge in [0, 0.05) is 30.0 Å². The highest BCUT2D eigenvalue weighted by atomic mass is 79.9. The summed E-state index contributed by atoms with van der Waals surface area (Å²) in [5.74, 6) is 0. The van der Waals surface area contributed by atoms with Crippen LogP contribution >= 0.6 is 15.9 Å². The Morgan fingerprint density at radius 1 is 1.37 bits per heavy atom. The van der Waals surface area contributed by atoms with Crippen LogP contribution in [0.5, 0.6) is 0 Å². The first-order valence-corrected chi connectivity index (χ1v) is 7.01. The van der Waals surface area contributed by atoms with Gasteiger partial charge in [0.25, 0.3) is 0 Å². The van der Waals surface area contributed by atoms with Gasteiger partial charge in [-0.05, 0) is 30.8 Å². The van der Waals surface area contributed by atoms with Gasteiger partial charge in [0.1, 0.15) is 0 Å². The van der Waals surface area contributed by atoms with Gasteiger partial charge in [-0.1, -0.05) is 28.1 Å². The number of rotatable bonds is 6. The number of hydrogen-bond donors (Lipinski definition) is 1. The van der Waals surface area contributed by atoms with Gasteiger partial charge < -0.3 is 5.11 Å². The molecule has 0 saturated carbocycles. The highest BCUT2D eigenvalue weighted by molar-refractivity contribution is 9.10. The maximum atomic E-state index is 10.0. The van der Waals surface area contributed by atoms with Crippen LogP contribution in [0.15, 0.2) is 47.2 Å². The van der Waals surface area contributed by atoms with Crippen molar-refractivity contribution in [2.45, 2.75) is 19.2 Å². The number of nitrogens with zero attached hydrogens (tertiary/aromatic N) is 3. The standard InChI is InChI=1S/C14H18BrN3O/c1-17(9-12-3-5-13(15)6-4-12)10-14(19)11-18-8-2-7-16-18/h2-8,14,19H,9-11H2,1H3/t14-/m1/s1. The molecule has 4 nitrogen and oxygen atoms in total. The van der Waals surface area contributed by atoms with Gasteiger partial charge in [-0.25, -0.2) is 0 Å². The molecule has 0 amide bonds. The fraction of sp³-hybridized carbons (Fsp3) is 0.357. The number of benzene rings is 1. The van der Waals surface area contributed by atoms with Crippen LogP contribution in [0.1, 0.15) is 5.56 Å². The molecule has 1 aromatic carbocycles. The summed E-state index contributed by atoms with van der Waals surface area (Å²) >= 11 is 3.42. The molecule has 0 fully saturated rings. The SMILES string of the molecule is CN(Cc1ccc(Br)cc1)C[C@@H](O)Cn1cccn1. The Bertz CT molecular complexity index is 484. The third-order valence-electron chi connectivity index (χ3n) is 2.85. The van der Waals surface area contributed by atoms with Gasteiger partial charge in [-0.2, -0.15) is 5.10 Å². The molecule has 0 radical (unpaired) electrons. The minimum atomic E-state index is -0.416. The number of aliphatic hydroxyl groups is 1. The molecule has 1 aromatic heterocycles. The molecule has 1 atom stereocenters. The lowest BCUT2D eigenvalue weighted by Crippen LogP contribution is -2.31. The average molecular weight is 324 g/mol. The van der Waals surface area contributed by atoms with E-state index >= 15 is 0 Å². The second kappa shape index (κ2) is 6.84. The average Bonchev–Trinajstić information content (AvgIpc) is 2.84. The number of likely N-dealkylation sites (N-methyl/N-ethyl adjacent to an activating group) is 1. The summed E-state index contributed by atoms with van der Waals surface area (Å²) in [5.41, 5.74) is 1.23. The molecule has 0 bridgehead atoms. The topological polar surface area (TPSA) is 41.3 Å². The highest BCUT2D eigenvalue weighted by Gasteiger charge is 2.09. The number of halogens is 1. The first-order chi connectivity index (χ1) is 9.13. The van der Waals surface area contributed by atoms with Crippen LogP contribution in [0.25, 0.3) is 0 Å². The Balaban J connectivity index is 1.80. The van der Waals surface area contributed by atoms with Crippen LogP contribution in [0.4, 0.5) is 0 Å². The van der Waals surface area contributed by atoms with Gasteiger partial charge in [-0.3, -0.25) is 9.58 Å². The van der Waals surface area contributed by atoms with E-state index < -0.39 is 6.10 Å². The van der Waals surface area contributed by atoms with Crippen molar-refractivity contribution in [1.29, 1.82) is 0 Å². The zero-order chi connectivity index (χ0) is 13.7. The summed E-state index contributed by atoms with van der Waals surface area (Å²) in [7, 11) is 2.01. The summed E-state index contributed by atoms with van der Waals surface area (Å²) in [6.07, 6.45) is 3.16. The van der Waals surface area contributed by atoms with Gasteiger partial charge >= 0.3 is 0 Å². The van der Waals surface area contributed by atoms with Gasteiger partial charge in [-0.15, -0.1) is 0 Å². The second-order valence-corrected chi connectivity index (χ2v) is 5.62. The molecule has 5 heteroatoms. The molecular weight excluding hydrogens is 306 g/mol. The molecule has 1 heterocycles. The van der Waals surface area contributed by atoms with E-state index in [0.717, 1.165) is 11.0 Å². The van der Waals surface area contributed by atoms with Crippen molar-refractivity contribution in [3.8, 4) is 0 Å². The summed E-state index contributed by atoms with van der Waals surface area (Å²) in [6, 6.07) is 10.1. The number of aromatic nitrogens is 2. The lowest BCUT2D eigenvalue weighted by Gasteiger charge is -2.20. The van der Waals surface area contributed by atoms with Crippen molar-refractivity contribution >= 4 is 15.9 Å². The third-order valence-corrected chi connectivity index (χ3v) is 3.37. The molecule has 0 aliphatic carbocycles. The summed E-state index contributed by atoms with van der Waals surface area (Å²) in [5, 5.41) is 14.1. The number of hydrogen-bond acceptors (Lipinski definition) is 3. The predicted octanol–water partition coefficient (Wildman–Crippen LogP) is 2.14. The normalized spacial score (nSPS) is 12.8. The largest absolute Gasteiger partial charge is 0.390 e. The minimum absolute atomic E-state index is 0.416. The lowest BCUT2D eigenvalue weighted by atomic mass is 10.2. The highest BCUT2D eigenvalue weighted by Crippen LogP contribution is 2.11. The fourth-order valence-corrected chi connectivity index (χ4v) is 2.27. The van der Waals surface area contributed by atoms with Crippen molar-refractivity contribution in [2.24, 2.45) is 0 Å². The maximum absolute atomic E-state index is 10.0. The van der Waals surface area contributed by atoms with Crippen LogP contribution in [0.2, 0.25) is 0 Å². The summed E-state index contributed by atoms with van der Waals surface area (Å²) in [6.45, 7) is 1.97. The molecule has 2 aromatic rings. The molecule has 0 spiro atoms. The lowest BCUT2D eigenvalue weighted by molar-refractivity contribution is 0.104. The third kappa shape index (κ3) is 4.78. The fourth-order valence-electron chi connectivity index (χ4n) is 2.01. The van der Waals surface area contributed by atoms with E-state index in [0.29, 0.717) is 13.1 Å². The summed E-state index contributed by atoms with van der Waals surface area (Å²) in [4.78, 5) is 2.11. The van der Waals surface area contributed by atoms with Crippen molar-refractivity contribution in [2.75, 3.05) is 13.6 Å². The van der Waals surface area contributed by atoms with E-state index in [2.05, 4.69) is 38.1 Å². The van der Waals surface area contributed by atoms with Crippen molar-refractivity contribution in [3.05, 3.63) is 52.8 Å². The van der Waals surface area contributed by atoms with Crippen LogP contribution in [0.3, 0.4) is 0 Å². The predicted molar refractivity (Wildman–Crippen MR) is 78.7 cm³/mol. The summed E-state index contributed by atoms with van der Waals surface area (Å²) < 4.78 is 2.83. The van der Waals surface area contributed by atoms with E-state index in [1.165, 1.54) is 5.56 Å². The van der Waals surface area contributed by atoms with Crippen molar-refractivity contribution < 1.29 is 5.11 Å². The van der Waals surface area contributed by atoms with E-state index in [-0.39, 0.29) is 0 Å². The molecule has 102 valence electrons. The molecule has 1 N–H and O–H groups in total. The van der Waals surface area contributed by atoms with Crippen LogP contribution < -0.4 is 0 Å². The number of aliphatic hydroxyl groups excluding tert-OH is 1. The van der Waals surface area contributed by atoms with Crippen molar-refractivity contribution in [1.82, 2.24) is 14.7 Å². The Morgan fingerprint density at radius 3 is 2.74 bits per heavy atom. The van der Waals surface area contributed by atoms with Gasteiger partial charge in [0.15, 0.2) is 0 Å². The molecular formula is C14H18BrN3O. The first kappa shape index (κ1) is 14.2. The molecule has 2 rings (SSSR count). The monoisotopic (exact) mass is 323 g/mol. The van der Waals surface area contributed by atoms with Crippen LogP contribution in [-0.4, -0.2) is 39.5 Å². The molecule has 0 unspecified atom stereocenters. The van der Waals surface area contributed by atoms with E-state index in [1.807, 2.05) is 31.4 Å². The minimum Gasteiger partial charge on any atom is -0.390 e. The van der Waals surface area contributed by atoms with Crippen LogP contribution in [-0.2, 0) is 13.1 Å². The Hall–Kier alpha value is -1.17. The zero-order valence-electron chi connectivity index (χ0n) is 10.9. The van der Waals surface area contributed by atoms with Crippen molar-refractivity contribution in [3.63, 3.8) is 0 Å². The van der Waals surface area contributed by atoms with Crippen LogP contribution in [0, 0.1) is 0 Å². The second-order valence-electron chi connectivity index (χ2n) is 4.71. The van der Waals surface area contributed by atoms with E-state index in [9.17, 15) is 5.11 Å². The smallest absolute Gasteiger partial charge is 0.0862 e. The molecule has 19 heavy (non-hydrogen) atoms. The van der Waals surface area contributed by atoms with E-state index in [4.69, 9.17) is 0 Å². The first-order valence-electron chi connectivity index (χ1n) is 6.22. The van der Waals surface area contributed by atoms with E-state index in [1.54, 1.807) is 10.9 Å². The van der Waals surface area contributed by atoms with Gasteiger partial charge in [0.2, 0.25) is 0 Å². The Kier molecular flexibility index (Phi) is 5.13. The zero-order valence-corrected chi connectivity index (χ0v) is 12.5. The quantitative estimate of drug-likeness (QED) is 0.885. The molecule has 0 aliphatic heterocycles.